The molecule has 0 saturated carbocycles. The SMILES string of the molecule is C[C@H](c1ccccn1)N1CCN(C(=O)NC[C@]2(C)CCCS2)CC1. The molecule has 132 valence electrons. The predicted octanol–water partition coefficient (Wildman–Crippen LogP) is 2.76. The average Bonchev–Trinajstić information content (AvgIpc) is 3.07. The van der Waals surface area contributed by atoms with E-state index in [-0.39, 0.29) is 10.8 Å². The summed E-state index contributed by atoms with van der Waals surface area (Å²) < 4.78 is 0.227. The summed E-state index contributed by atoms with van der Waals surface area (Å²) in [6.45, 7) is 8.60. The number of pyridine rings is 1. The Labute approximate surface area is 149 Å². The number of carbonyl (C=O) groups excluding carboxylic acids is 1. The number of piperazine rings is 1. The van der Waals surface area contributed by atoms with Crippen LogP contribution in [0.25, 0.3) is 0 Å². The molecule has 2 aliphatic rings. The van der Waals surface area contributed by atoms with Gasteiger partial charge in [0.05, 0.1) is 5.69 Å². The first-order valence-electron chi connectivity index (χ1n) is 8.89. The van der Waals surface area contributed by atoms with Gasteiger partial charge in [0.25, 0.3) is 0 Å². The van der Waals surface area contributed by atoms with Crippen LogP contribution in [0.15, 0.2) is 24.4 Å². The number of carbonyl (C=O) groups is 1. The van der Waals surface area contributed by atoms with Crippen molar-refractivity contribution in [3.63, 3.8) is 0 Å². The fraction of sp³-hybridized carbons (Fsp3) is 0.667. The minimum Gasteiger partial charge on any atom is -0.337 e. The summed E-state index contributed by atoms with van der Waals surface area (Å²) in [6, 6.07) is 6.44. The molecule has 2 aliphatic heterocycles. The Morgan fingerprint density at radius 3 is 2.79 bits per heavy atom. The molecule has 0 spiro atoms. The number of hydrogen-bond donors (Lipinski definition) is 1. The Morgan fingerprint density at radius 2 is 2.17 bits per heavy atom. The third kappa shape index (κ3) is 4.22. The van der Waals surface area contributed by atoms with Crippen molar-refractivity contribution in [2.24, 2.45) is 0 Å². The van der Waals surface area contributed by atoms with E-state index in [1.165, 1.54) is 18.6 Å². The van der Waals surface area contributed by atoms with Gasteiger partial charge in [-0.15, -0.1) is 0 Å². The van der Waals surface area contributed by atoms with Crippen molar-refractivity contribution in [3.8, 4) is 0 Å². The Morgan fingerprint density at radius 1 is 1.38 bits per heavy atom. The van der Waals surface area contributed by atoms with Crippen LogP contribution in [0, 0.1) is 0 Å². The zero-order valence-corrected chi connectivity index (χ0v) is 15.5. The van der Waals surface area contributed by atoms with E-state index in [1.807, 2.05) is 35.0 Å². The second-order valence-electron chi connectivity index (χ2n) is 7.01. The summed E-state index contributed by atoms with van der Waals surface area (Å²) in [6.07, 6.45) is 4.31. The molecule has 3 heterocycles. The number of nitrogens with one attached hydrogen (secondary N) is 1. The van der Waals surface area contributed by atoms with Crippen LogP contribution in [-0.2, 0) is 0 Å². The summed E-state index contributed by atoms with van der Waals surface area (Å²) in [4.78, 5) is 21.2. The van der Waals surface area contributed by atoms with Gasteiger partial charge in [0.15, 0.2) is 0 Å². The molecule has 0 radical (unpaired) electrons. The van der Waals surface area contributed by atoms with Crippen molar-refractivity contribution < 1.29 is 4.79 Å². The third-order valence-corrected chi connectivity index (χ3v) is 6.72. The maximum absolute atomic E-state index is 12.4. The van der Waals surface area contributed by atoms with Gasteiger partial charge in [0.1, 0.15) is 0 Å². The molecule has 2 fully saturated rings. The Bertz CT molecular complexity index is 539. The van der Waals surface area contributed by atoms with Crippen LogP contribution in [0.2, 0.25) is 0 Å². The number of urea groups is 1. The molecule has 1 N–H and O–H groups in total. The maximum atomic E-state index is 12.4. The van der Waals surface area contributed by atoms with E-state index >= 15 is 0 Å². The lowest BCUT2D eigenvalue weighted by atomic mass is 10.1. The summed E-state index contributed by atoms with van der Waals surface area (Å²) in [5, 5.41) is 3.15. The summed E-state index contributed by atoms with van der Waals surface area (Å²) in [5.41, 5.74) is 1.10. The number of nitrogens with zero attached hydrogens (tertiary/aromatic N) is 3. The Kier molecular flexibility index (Phi) is 5.66. The lowest BCUT2D eigenvalue weighted by molar-refractivity contribution is 0.112. The minimum absolute atomic E-state index is 0.0915. The number of rotatable bonds is 4. The smallest absolute Gasteiger partial charge is 0.317 e. The minimum atomic E-state index is 0.0915. The van der Waals surface area contributed by atoms with Gasteiger partial charge in [0, 0.05) is 49.7 Å². The van der Waals surface area contributed by atoms with Crippen LogP contribution in [-0.4, -0.2) is 64.0 Å². The maximum Gasteiger partial charge on any atom is 0.317 e. The van der Waals surface area contributed by atoms with Crippen LogP contribution in [0.3, 0.4) is 0 Å². The molecule has 2 atom stereocenters. The molecule has 0 aromatic carbocycles. The van der Waals surface area contributed by atoms with E-state index in [1.54, 1.807) is 0 Å². The Balaban J connectivity index is 1.45. The standard InChI is InChI=1S/C18H28N4OS/c1-15(16-6-3-4-8-19-16)21-9-11-22(12-10-21)17(23)20-14-18(2)7-5-13-24-18/h3-4,6,8,15H,5,7,9-14H2,1-2H3,(H,20,23)/t15-,18+/m1/s1. The lowest BCUT2D eigenvalue weighted by Crippen LogP contribution is -2.53. The van der Waals surface area contributed by atoms with Crippen LogP contribution in [0.1, 0.15) is 38.4 Å². The van der Waals surface area contributed by atoms with Gasteiger partial charge in [-0.2, -0.15) is 11.8 Å². The molecule has 0 aliphatic carbocycles. The second-order valence-corrected chi connectivity index (χ2v) is 8.70. The first-order chi connectivity index (χ1) is 11.6. The largest absolute Gasteiger partial charge is 0.337 e. The van der Waals surface area contributed by atoms with Crippen molar-refractivity contribution >= 4 is 17.8 Å². The topological polar surface area (TPSA) is 48.5 Å². The number of aromatic nitrogens is 1. The highest BCUT2D eigenvalue weighted by molar-refractivity contribution is 8.00. The van der Waals surface area contributed by atoms with Crippen LogP contribution < -0.4 is 5.32 Å². The highest BCUT2D eigenvalue weighted by Gasteiger charge is 2.31. The molecule has 0 unspecified atom stereocenters. The number of hydrogen-bond acceptors (Lipinski definition) is 4. The van der Waals surface area contributed by atoms with Gasteiger partial charge in [-0.05, 0) is 44.6 Å². The molecule has 24 heavy (non-hydrogen) atoms. The summed E-state index contributed by atoms with van der Waals surface area (Å²) >= 11 is 1.99. The highest BCUT2D eigenvalue weighted by Crippen LogP contribution is 2.37. The molecule has 1 aromatic heterocycles. The zero-order valence-electron chi connectivity index (χ0n) is 14.7. The number of thioether (sulfide) groups is 1. The molecule has 6 heteroatoms. The van der Waals surface area contributed by atoms with Gasteiger partial charge in [0.2, 0.25) is 0 Å². The average molecular weight is 349 g/mol. The predicted molar refractivity (Wildman–Crippen MR) is 99.3 cm³/mol. The zero-order chi connectivity index (χ0) is 17.0. The van der Waals surface area contributed by atoms with Crippen molar-refractivity contribution in [1.82, 2.24) is 20.1 Å². The van der Waals surface area contributed by atoms with E-state index in [2.05, 4.69) is 35.1 Å². The van der Waals surface area contributed by atoms with Gasteiger partial charge >= 0.3 is 6.03 Å². The highest BCUT2D eigenvalue weighted by atomic mass is 32.2. The molecule has 5 nitrogen and oxygen atoms in total. The van der Waals surface area contributed by atoms with Gasteiger partial charge < -0.3 is 10.2 Å². The van der Waals surface area contributed by atoms with Crippen LogP contribution in [0.5, 0.6) is 0 Å². The first-order valence-corrected chi connectivity index (χ1v) is 9.88. The van der Waals surface area contributed by atoms with Crippen LogP contribution >= 0.6 is 11.8 Å². The quantitative estimate of drug-likeness (QED) is 0.909. The lowest BCUT2D eigenvalue weighted by Gasteiger charge is -2.38. The van der Waals surface area contributed by atoms with Crippen molar-refractivity contribution in [2.45, 2.75) is 37.5 Å². The van der Waals surface area contributed by atoms with Crippen molar-refractivity contribution in [1.29, 1.82) is 0 Å². The molecule has 0 bridgehead atoms. The van der Waals surface area contributed by atoms with E-state index in [0.29, 0.717) is 6.04 Å². The van der Waals surface area contributed by atoms with E-state index in [0.717, 1.165) is 38.4 Å². The summed E-state index contributed by atoms with van der Waals surface area (Å²) in [7, 11) is 0. The molecule has 3 rings (SSSR count). The molecular weight excluding hydrogens is 320 g/mol. The van der Waals surface area contributed by atoms with Gasteiger partial charge in [-0.25, -0.2) is 4.79 Å². The Hall–Kier alpha value is -1.27. The van der Waals surface area contributed by atoms with E-state index in [4.69, 9.17) is 0 Å². The fourth-order valence-electron chi connectivity index (χ4n) is 3.47. The second kappa shape index (κ2) is 7.74. The van der Waals surface area contributed by atoms with Crippen LogP contribution in [0.4, 0.5) is 4.79 Å². The summed E-state index contributed by atoms with van der Waals surface area (Å²) in [5.74, 6) is 1.22. The fourth-order valence-corrected chi connectivity index (χ4v) is 4.72. The van der Waals surface area contributed by atoms with Gasteiger partial charge in [-0.1, -0.05) is 6.07 Å². The first kappa shape index (κ1) is 17.5. The van der Waals surface area contributed by atoms with E-state index < -0.39 is 0 Å². The normalized spacial score (nSPS) is 26.3. The monoisotopic (exact) mass is 348 g/mol. The van der Waals surface area contributed by atoms with Crippen molar-refractivity contribution in [2.75, 3.05) is 38.5 Å². The molecule has 2 saturated heterocycles. The number of amides is 2. The molecular formula is C18H28N4OS. The molecule has 2 amide bonds. The van der Waals surface area contributed by atoms with Gasteiger partial charge in [-0.3, -0.25) is 9.88 Å². The molecule has 1 aromatic rings. The third-order valence-electron chi connectivity index (χ3n) is 5.18. The van der Waals surface area contributed by atoms with Crippen molar-refractivity contribution in [3.05, 3.63) is 30.1 Å². The van der Waals surface area contributed by atoms with E-state index in [9.17, 15) is 4.79 Å².